The van der Waals surface area contributed by atoms with E-state index in [0.29, 0.717) is 17.8 Å². The van der Waals surface area contributed by atoms with Crippen molar-refractivity contribution in [2.75, 3.05) is 0 Å². The van der Waals surface area contributed by atoms with Crippen LogP contribution in [0.15, 0.2) is 24.3 Å². The van der Waals surface area contributed by atoms with E-state index in [9.17, 15) is 5.11 Å². The molecule has 5 atom stereocenters. The van der Waals surface area contributed by atoms with Gasteiger partial charge in [0.25, 0.3) is 0 Å². The molecule has 0 aromatic carbocycles. The van der Waals surface area contributed by atoms with Gasteiger partial charge in [-0.1, -0.05) is 24.3 Å². The topological polar surface area (TPSA) is 20.2 Å². The fourth-order valence-electron chi connectivity index (χ4n) is 3.02. The Balaban J connectivity index is 2.02. The molecule has 1 N–H and O–H groups in total. The fourth-order valence-corrected chi connectivity index (χ4v) is 3.02. The molecule has 0 heterocycles. The van der Waals surface area contributed by atoms with Crippen molar-refractivity contribution in [3.63, 3.8) is 0 Å². The second kappa shape index (κ2) is 1.78. The van der Waals surface area contributed by atoms with Crippen LogP contribution >= 0.6 is 0 Å². The molecule has 1 saturated carbocycles. The monoisotopic (exact) mass is 148 g/mol. The predicted octanol–water partition coefficient (Wildman–Crippen LogP) is 1.36. The molecule has 2 bridgehead atoms. The second-order valence-electron chi connectivity index (χ2n) is 3.98. The summed E-state index contributed by atoms with van der Waals surface area (Å²) < 4.78 is 0. The molecule has 0 aromatic rings. The van der Waals surface area contributed by atoms with Gasteiger partial charge < -0.3 is 5.11 Å². The number of aliphatic hydroxyl groups is 1. The van der Waals surface area contributed by atoms with E-state index in [1.807, 2.05) is 6.08 Å². The summed E-state index contributed by atoms with van der Waals surface area (Å²) in [7, 11) is 0. The van der Waals surface area contributed by atoms with Crippen molar-refractivity contribution in [1.29, 1.82) is 0 Å². The summed E-state index contributed by atoms with van der Waals surface area (Å²) in [6.07, 6.45) is 9.94. The summed E-state index contributed by atoms with van der Waals surface area (Å²) in [5.74, 6) is 2.62. The zero-order valence-corrected chi connectivity index (χ0v) is 6.35. The summed E-state index contributed by atoms with van der Waals surface area (Å²) in [5, 5.41) is 9.60. The number of hydrogen-bond acceptors (Lipinski definition) is 1. The van der Waals surface area contributed by atoms with Crippen molar-refractivity contribution in [1.82, 2.24) is 0 Å². The van der Waals surface area contributed by atoms with Crippen molar-refractivity contribution >= 4 is 0 Å². The molecule has 0 spiro atoms. The van der Waals surface area contributed by atoms with Crippen LogP contribution in [0.5, 0.6) is 0 Å². The van der Waals surface area contributed by atoms with E-state index in [0.717, 1.165) is 5.92 Å². The van der Waals surface area contributed by atoms with E-state index in [1.54, 1.807) is 0 Å². The first-order valence-electron chi connectivity index (χ1n) is 4.41. The van der Waals surface area contributed by atoms with Gasteiger partial charge in [-0.3, -0.25) is 0 Å². The minimum atomic E-state index is -0.153. The molecule has 3 rings (SSSR count). The van der Waals surface area contributed by atoms with Gasteiger partial charge in [-0.25, -0.2) is 0 Å². The Labute approximate surface area is 66.4 Å². The van der Waals surface area contributed by atoms with E-state index in [2.05, 4.69) is 18.2 Å². The lowest BCUT2D eigenvalue weighted by molar-refractivity contribution is 0.132. The Bertz CT molecular complexity index is 241. The van der Waals surface area contributed by atoms with Gasteiger partial charge in [-0.2, -0.15) is 0 Å². The predicted molar refractivity (Wildman–Crippen MR) is 42.9 cm³/mol. The summed E-state index contributed by atoms with van der Waals surface area (Å²) in [4.78, 5) is 0. The second-order valence-corrected chi connectivity index (χ2v) is 3.98. The zero-order valence-electron chi connectivity index (χ0n) is 6.35. The summed E-state index contributed by atoms with van der Waals surface area (Å²) in [6, 6.07) is 0. The fraction of sp³-hybridized carbons (Fsp3) is 0.600. The average Bonchev–Trinajstić information content (AvgIpc) is 2.60. The zero-order chi connectivity index (χ0) is 7.42. The van der Waals surface area contributed by atoms with Crippen LogP contribution in [0.3, 0.4) is 0 Å². The van der Waals surface area contributed by atoms with Crippen molar-refractivity contribution in [3.05, 3.63) is 24.3 Å². The Morgan fingerprint density at radius 1 is 1.00 bits per heavy atom. The van der Waals surface area contributed by atoms with Crippen LogP contribution in [0, 0.1) is 23.7 Å². The van der Waals surface area contributed by atoms with Gasteiger partial charge in [0.05, 0.1) is 6.10 Å². The quantitative estimate of drug-likeness (QED) is 0.514. The number of aliphatic hydroxyl groups excluding tert-OH is 1. The molecule has 0 aromatic heterocycles. The minimum Gasteiger partial charge on any atom is -0.389 e. The van der Waals surface area contributed by atoms with Gasteiger partial charge in [0.15, 0.2) is 0 Å². The van der Waals surface area contributed by atoms with Crippen molar-refractivity contribution < 1.29 is 5.11 Å². The molecule has 0 saturated heterocycles. The van der Waals surface area contributed by atoms with Crippen molar-refractivity contribution in [2.24, 2.45) is 23.7 Å². The number of rotatable bonds is 0. The Kier molecular flexibility index (Phi) is 0.972. The molecule has 58 valence electrons. The van der Waals surface area contributed by atoms with E-state index < -0.39 is 0 Å². The first-order valence-corrected chi connectivity index (χ1v) is 4.41. The Morgan fingerprint density at radius 2 is 1.82 bits per heavy atom. The average molecular weight is 148 g/mol. The molecule has 0 amide bonds. The molecule has 1 heteroatoms. The van der Waals surface area contributed by atoms with Crippen LogP contribution in [0.25, 0.3) is 0 Å². The van der Waals surface area contributed by atoms with Crippen molar-refractivity contribution in [2.45, 2.75) is 12.5 Å². The lowest BCUT2D eigenvalue weighted by Crippen LogP contribution is -2.23. The van der Waals surface area contributed by atoms with Gasteiger partial charge in [0.1, 0.15) is 0 Å². The maximum atomic E-state index is 9.60. The first-order chi connectivity index (χ1) is 5.36. The molecule has 0 unspecified atom stereocenters. The van der Waals surface area contributed by atoms with Crippen LogP contribution in [-0.4, -0.2) is 11.2 Å². The molecule has 3 aliphatic rings. The Hall–Kier alpha value is -0.560. The standard InChI is InChI=1S/C10H12O/c11-9-4-3-8-6-1-2-7(5-6)10(8)9/h1-4,6-11H,5H2/t6-,7+,8+,9-,10+/m0/s1. The summed E-state index contributed by atoms with van der Waals surface area (Å²) in [5.41, 5.74) is 0. The van der Waals surface area contributed by atoms with Gasteiger partial charge in [0, 0.05) is 5.92 Å². The lowest BCUT2D eigenvalue weighted by atomic mass is 9.84. The molecule has 1 nitrogen and oxygen atoms in total. The highest BCUT2D eigenvalue weighted by atomic mass is 16.3. The normalized spacial score (nSPS) is 57.4. The van der Waals surface area contributed by atoms with Gasteiger partial charge in [0.2, 0.25) is 0 Å². The van der Waals surface area contributed by atoms with Gasteiger partial charge in [-0.15, -0.1) is 0 Å². The van der Waals surface area contributed by atoms with Crippen LogP contribution < -0.4 is 0 Å². The van der Waals surface area contributed by atoms with E-state index in [1.165, 1.54) is 6.42 Å². The van der Waals surface area contributed by atoms with Crippen LogP contribution in [0.4, 0.5) is 0 Å². The maximum absolute atomic E-state index is 9.60. The smallest absolute Gasteiger partial charge is 0.0760 e. The third-order valence-electron chi connectivity index (χ3n) is 3.51. The number of fused-ring (bicyclic) bond motifs is 5. The Morgan fingerprint density at radius 3 is 2.64 bits per heavy atom. The van der Waals surface area contributed by atoms with Gasteiger partial charge in [-0.05, 0) is 24.2 Å². The van der Waals surface area contributed by atoms with Crippen molar-refractivity contribution in [3.8, 4) is 0 Å². The molecule has 1 fully saturated rings. The highest BCUT2D eigenvalue weighted by molar-refractivity contribution is 5.24. The third-order valence-corrected chi connectivity index (χ3v) is 3.51. The third kappa shape index (κ3) is 0.603. The molecule has 11 heavy (non-hydrogen) atoms. The summed E-state index contributed by atoms with van der Waals surface area (Å²) >= 11 is 0. The largest absolute Gasteiger partial charge is 0.389 e. The van der Waals surface area contributed by atoms with Gasteiger partial charge >= 0.3 is 0 Å². The molecular formula is C10H12O. The summed E-state index contributed by atoms with van der Waals surface area (Å²) in [6.45, 7) is 0. The number of hydrogen-bond donors (Lipinski definition) is 1. The van der Waals surface area contributed by atoms with Crippen LogP contribution in [0.1, 0.15) is 6.42 Å². The highest BCUT2D eigenvalue weighted by Gasteiger charge is 2.48. The SMILES string of the molecule is O[C@H]1C=C[C@H]2[C@H]1[C@@H]1C=C[C@H]2C1. The highest BCUT2D eigenvalue weighted by Crippen LogP contribution is 2.52. The van der Waals surface area contributed by atoms with E-state index in [-0.39, 0.29) is 6.10 Å². The lowest BCUT2D eigenvalue weighted by Gasteiger charge is -2.22. The number of allylic oxidation sites excluding steroid dienone is 3. The van der Waals surface area contributed by atoms with Crippen LogP contribution in [-0.2, 0) is 0 Å². The maximum Gasteiger partial charge on any atom is 0.0760 e. The minimum absolute atomic E-state index is 0.153. The van der Waals surface area contributed by atoms with E-state index >= 15 is 0 Å². The molecular weight excluding hydrogens is 136 g/mol. The molecule has 0 radical (unpaired) electrons. The van der Waals surface area contributed by atoms with E-state index in [4.69, 9.17) is 0 Å². The molecule has 3 aliphatic carbocycles. The molecule has 0 aliphatic heterocycles. The van der Waals surface area contributed by atoms with Crippen LogP contribution in [0.2, 0.25) is 0 Å². The first kappa shape index (κ1) is 6.01.